The lowest BCUT2D eigenvalue weighted by Gasteiger charge is -2.40. The van der Waals surface area contributed by atoms with Crippen molar-refractivity contribution in [2.24, 2.45) is 0 Å². The molecule has 0 bridgehead atoms. The molecular formula is C25H32ClNO4. The predicted molar refractivity (Wildman–Crippen MR) is 124 cm³/mol. The lowest BCUT2D eigenvalue weighted by atomic mass is 9.87. The molecule has 1 saturated heterocycles. The molecule has 1 aliphatic heterocycles. The third-order valence-electron chi connectivity index (χ3n) is 6.03. The minimum Gasteiger partial charge on any atom is -0.492 e. The number of carbonyl (C=O) groups is 2. The highest BCUT2D eigenvalue weighted by molar-refractivity contribution is 5.87. The summed E-state index contributed by atoms with van der Waals surface area (Å²) in [7, 11) is 0. The molecule has 3 atom stereocenters. The molecule has 168 valence electrons. The van der Waals surface area contributed by atoms with Gasteiger partial charge in [0, 0.05) is 19.0 Å². The van der Waals surface area contributed by atoms with Crippen LogP contribution < -0.4 is 4.74 Å². The van der Waals surface area contributed by atoms with Crippen LogP contribution in [0.3, 0.4) is 0 Å². The van der Waals surface area contributed by atoms with Crippen molar-refractivity contribution in [2.45, 2.75) is 57.5 Å². The van der Waals surface area contributed by atoms with Crippen LogP contribution in [0.5, 0.6) is 5.75 Å². The van der Waals surface area contributed by atoms with Gasteiger partial charge >= 0.3 is 5.97 Å². The van der Waals surface area contributed by atoms with E-state index in [9.17, 15) is 9.59 Å². The number of likely N-dealkylation sites (tertiary alicyclic amines) is 1. The molecule has 31 heavy (non-hydrogen) atoms. The third kappa shape index (κ3) is 6.81. The van der Waals surface area contributed by atoms with E-state index in [0.29, 0.717) is 19.1 Å². The summed E-state index contributed by atoms with van der Waals surface area (Å²) in [5.74, 6) is 0.231. The number of carboxylic acid groups (broad SMARTS) is 1. The van der Waals surface area contributed by atoms with Crippen LogP contribution in [0.2, 0.25) is 0 Å². The van der Waals surface area contributed by atoms with Crippen LogP contribution in [-0.2, 0) is 4.79 Å². The van der Waals surface area contributed by atoms with E-state index < -0.39 is 5.97 Å². The molecule has 6 heteroatoms. The number of nitrogens with zero attached hydrogens (tertiary/aromatic N) is 1. The molecule has 1 heterocycles. The van der Waals surface area contributed by atoms with Gasteiger partial charge in [0.05, 0.1) is 11.6 Å². The van der Waals surface area contributed by atoms with Gasteiger partial charge in [-0.3, -0.25) is 9.69 Å². The summed E-state index contributed by atoms with van der Waals surface area (Å²) in [6.07, 6.45) is 3.51. The van der Waals surface area contributed by atoms with Crippen LogP contribution in [0, 0.1) is 0 Å². The Kier molecular flexibility index (Phi) is 9.53. The van der Waals surface area contributed by atoms with Crippen LogP contribution in [0.4, 0.5) is 0 Å². The first kappa shape index (κ1) is 24.9. The number of ketones is 1. The van der Waals surface area contributed by atoms with Crippen LogP contribution in [0.15, 0.2) is 54.6 Å². The Morgan fingerprint density at radius 1 is 1.10 bits per heavy atom. The Labute approximate surface area is 190 Å². The number of piperidine rings is 1. The van der Waals surface area contributed by atoms with Crippen LogP contribution in [0.25, 0.3) is 0 Å². The first-order valence-electron chi connectivity index (χ1n) is 10.7. The van der Waals surface area contributed by atoms with Gasteiger partial charge in [0.2, 0.25) is 0 Å². The maximum Gasteiger partial charge on any atom is 0.335 e. The molecule has 1 N–H and O–H groups in total. The van der Waals surface area contributed by atoms with Crippen molar-refractivity contribution >= 4 is 24.2 Å². The van der Waals surface area contributed by atoms with Gasteiger partial charge in [-0.1, -0.05) is 37.3 Å². The van der Waals surface area contributed by atoms with Crippen LogP contribution in [-0.4, -0.2) is 47.0 Å². The molecule has 0 amide bonds. The summed E-state index contributed by atoms with van der Waals surface area (Å²) in [4.78, 5) is 26.5. The molecule has 1 fully saturated rings. The van der Waals surface area contributed by atoms with Crippen molar-refractivity contribution in [3.63, 3.8) is 0 Å². The molecular weight excluding hydrogens is 414 g/mol. The second-order valence-corrected chi connectivity index (χ2v) is 8.19. The number of carbonyl (C=O) groups excluding carboxylic acids is 1. The molecule has 0 aromatic heterocycles. The first-order valence-corrected chi connectivity index (χ1v) is 10.7. The Hall–Kier alpha value is -2.37. The summed E-state index contributed by atoms with van der Waals surface area (Å²) in [5, 5.41) is 9.06. The molecule has 5 nitrogen and oxygen atoms in total. The summed E-state index contributed by atoms with van der Waals surface area (Å²) >= 11 is 0. The summed E-state index contributed by atoms with van der Waals surface area (Å²) < 4.78 is 5.87. The number of hydrogen-bond acceptors (Lipinski definition) is 4. The second kappa shape index (κ2) is 11.9. The zero-order valence-corrected chi connectivity index (χ0v) is 19.0. The third-order valence-corrected chi connectivity index (χ3v) is 6.03. The molecule has 0 aliphatic carbocycles. The SMILES string of the molecule is C[C@H](CC(=O)[C@@H]1CCC[C@H](C)N1CCOc1ccccc1)c1ccc(C(=O)O)cc1.Cl. The molecule has 2 aromatic rings. The standard InChI is InChI=1S/C25H31NO4.ClH/c1-18(20-11-13-21(14-12-20)25(28)29)17-24(27)23-10-6-7-19(2)26(23)15-16-30-22-8-4-3-5-9-22;/h3-5,8-9,11-14,18-19,23H,6-7,10,15-17H2,1-2H3,(H,28,29);1H/t18-,19+,23+;/m1./s1. The number of Topliss-reactive ketones (excluding diaryl/α,β-unsaturated/α-hetero) is 1. The Morgan fingerprint density at radius 2 is 1.77 bits per heavy atom. The Balaban J connectivity index is 0.00000341. The minimum absolute atomic E-state index is 0. The molecule has 0 unspecified atom stereocenters. The van der Waals surface area contributed by atoms with Gasteiger partial charge in [-0.05, 0) is 61.9 Å². The van der Waals surface area contributed by atoms with Gasteiger partial charge in [0.15, 0.2) is 5.78 Å². The highest BCUT2D eigenvalue weighted by atomic mass is 35.5. The number of halogens is 1. The molecule has 0 saturated carbocycles. The molecule has 2 aromatic carbocycles. The van der Waals surface area contributed by atoms with Crippen molar-refractivity contribution in [3.05, 3.63) is 65.7 Å². The van der Waals surface area contributed by atoms with Crippen molar-refractivity contribution in [1.29, 1.82) is 0 Å². The van der Waals surface area contributed by atoms with E-state index in [4.69, 9.17) is 9.84 Å². The van der Waals surface area contributed by atoms with Gasteiger partial charge in [-0.25, -0.2) is 4.79 Å². The van der Waals surface area contributed by atoms with E-state index in [1.54, 1.807) is 12.1 Å². The normalized spacial score (nSPS) is 19.8. The molecule has 0 spiro atoms. The predicted octanol–water partition coefficient (Wildman–Crippen LogP) is 5.19. The van der Waals surface area contributed by atoms with Crippen LogP contribution in [0.1, 0.15) is 61.4 Å². The highest BCUT2D eigenvalue weighted by Gasteiger charge is 2.33. The maximum absolute atomic E-state index is 13.2. The van der Waals surface area contributed by atoms with E-state index in [2.05, 4.69) is 11.8 Å². The fourth-order valence-electron chi connectivity index (χ4n) is 4.26. The first-order chi connectivity index (χ1) is 14.5. The van der Waals surface area contributed by atoms with Gasteiger partial charge in [0.1, 0.15) is 12.4 Å². The number of hydrogen-bond donors (Lipinski definition) is 1. The maximum atomic E-state index is 13.2. The number of para-hydroxylation sites is 1. The molecule has 1 aliphatic rings. The highest BCUT2D eigenvalue weighted by Crippen LogP contribution is 2.27. The van der Waals surface area contributed by atoms with Crippen molar-refractivity contribution in [2.75, 3.05) is 13.2 Å². The van der Waals surface area contributed by atoms with Crippen molar-refractivity contribution < 1.29 is 19.4 Å². The number of carboxylic acids is 1. The van der Waals surface area contributed by atoms with E-state index in [-0.39, 0.29) is 35.7 Å². The average Bonchev–Trinajstić information content (AvgIpc) is 2.75. The van der Waals surface area contributed by atoms with E-state index >= 15 is 0 Å². The largest absolute Gasteiger partial charge is 0.492 e. The Morgan fingerprint density at radius 3 is 2.42 bits per heavy atom. The monoisotopic (exact) mass is 445 g/mol. The fourth-order valence-corrected chi connectivity index (χ4v) is 4.26. The van der Waals surface area contributed by atoms with Gasteiger partial charge in [0.25, 0.3) is 0 Å². The van der Waals surface area contributed by atoms with E-state index in [1.165, 1.54) is 0 Å². The smallest absolute Gasteiger partial charge is 0.335 e. The van der Waals surface area contributed by atoms with Gasteiger partial charge in [-0.15, -0.1) is 12.4 Å². The Bertz CT molecular complexity index is 840. The number of aromatic carboxylic acids is 1. The van der Waals surface area contributed by atoms with E-state index in [1.807, 2.05) is 49.4 Å². The zero-order chi connectivity index (χ0) is 21.5. The van der Waals surface area contributed by atoms with Crippen molar-refractivity contribution in [3.8, 4) is 5.75 Å². The fraction of sp³-hybridized carbons (Fsp3) is 0.440. The summed E-state index contributed by atoms with van der Waals surface area (Å²) in [6.45, 7) is 5.51. The second-order valence-electron chi connectivity index (χ2n) is 8.19. The zero-order valence-electron chi connectivity index (χ0n) is 18.2. The summed E-state index contributed by atoms with van der Waals surface area (Å²) in [6, 6.07) is 16.9. The quantitative estimate of drug-likeness (QED) is 0.575. The molecule has 3 rings (SSSR count). The molecule has 0 radical (unpaired) electrons. The number of ether oxygens (including phenoxy) is 1. The average molecular weight is 446 g/mol. The summed E-state index contributed by atoms with van der Waals surface area (Å²) in [5.41, 5.74) is 1.26. The minimum atomic E-state index is -0.935. The van der Waals surface area contributed by atoms with Gasteiger partial charge < -0.3 is 9.84 Å². The van der Waals surface area contributed by atoms with Crippen molar-refractivity contribution in [1.82, 2.24) is 4.90 Å². The topological polar surface area (TPSA) is 66.8 Å². The lowest BCUT2D eigenvalue weighted by molar-refractivity contribution is -0.127. The van der Waals surface area contributed by atoms with Crippen LogP contribution >= 0.6 is 12.4 Å². The number of benzene rings is 2. The number of rotatable bonds is 9. The van der Waals surface area contributed by atoms with Gasteiger partial charge in [-0.2, -0.15) is 0 Å². The van der Waals surface area contributed by atoms with E-state index in [0.717, 1.165) is 37.1 Å². The lowest BCUT2D eigenvalue weighted by Crippen LogP contribution is -2.50.